The number of Topliss-reactive ketones (excluding diaryl/α,β-unsaturated/α-hetero) is 1. The molecule has 1 aliphatic heterocycles. The average molecular weight is 550 g/mol. The number of fused-ring (bicyclic) bond motifs is 2. The summed E-state index contributed by atoms with van der Waals surface area (Å²) in [5.41, 5.74) is 5.17. The number of hydrogen-bond acceptors (Lipinski definition) is 10. The van der Waals surface area contributed by atoms with E-state index in [0.29, 0.717) is 0 Å². The highest BCUT2D eigenvalue weighted by Gasteiger charge is 2.34. The highest BCUT2D eigenvalue weighted by Crippen LogP contribution is 2.27. The van der Waals surface area contributed by atoms with E-state index in [4.69, 9.17) is 24.7 Å². The number of hydrogen-bond donors (Lipinski definition) is 4. The number of carbonyl (C=O) groups excluding carboxylic acids is 5. The Kier molecular flexibility index (Phi) is 11.6. The van der Waals surface area contributed by atoms with Crippen molar-refractivity contribution in [1.29, 1.82) is 0 Å². The van der Waals surface area contributed by atoms with Crippen molar-refractivity contribution in [2.75, 3.05) is 27.9 Å². The molecule has 39 heavy (non-hydrogen) atoms. The van der Waals surface area contributed by atoms with E-state index in [9.17, 15) is 29.1 Å². The molecule has 2 rings (SSSR count). The predicted octanol–water partition coefficient (Wildman–Crippen LogP) is -0.0578. The third-order valence-electron chi connectivity index (χ3n) is 6.23. The van der Waals surface area contributed by atoms with E-state index in [0.717, 1.165) is 6.08 Å². The van der Waals surface area contributed by atoms with Gasteiger partial charge in [-0.2, -0.15) is 0 Å². The van der Waals surface area contributed by atoms with Crippen LogP contribution in [0.3, 0.4) is 0 Å². The van der Waals surface area contributed by atoms with Crippen LogP contribution in [0.4, 0.5) is 4.79 Å². The van der Waals surface area contributed by atoms with Crippen LogP contribution in [-0.2, 0) is 38.1 Å². The molecule has 0 spiro atoms. The molecule has 1 heterocycles. The van der Waals surface area contributed by atoms with Crippen molar-refractivity contribution < 1.29 is 48.0 Å². The van der Waals surface area contributed by atoms with Crippen molar-refractivity contribution in [2.45, 2.75) is 51.1 Å². The van der Waals surface area contributed by atoms with Crippen molar-refractivity contribution in [3.8, 4) is 0 Å². The van der Waals surface area contributed by atoms with Gasteiger partial charge in [-0.15, -0.1) is 0 Å². The predicted molar refractivity (Wildman–Crippen MR) is 137 cm³/mol. The van der Waals surface area contributed by atoms with E-state index in [1.807, 2.05) is 0 Å². The lowest BCUT2D eigenvalue weighted by Crippen LogP contribution is -2.49. The van der Waals surface area contributed by atoms with Gasteiger partial charge in [-0.3, -0.25) is 19.2 Å². The molecule has 0 aromatic carbocycles. The van der Waals surface area contributed by atoms with Crippen molar-refractivity contribution in [1.82, 2.24) is 10.6 Å². The first-order valence-electron chi connectivity index (χ1n) is 12.1. The molecule has 13 nitrogen and oxygen atoms in total. The van der Waals surface area contributed by atoms with E-state index in [-0.39, 0.29) is 47.9 Å². The zero-order valence-corrected chi connectivity index (χ0v) is 22.5. The normalized spacial score (nSPS) is 29.9. The monoisotopic (exact) mass is 549 g/mol. The molecule has 3 amide bonds. The van der Waals surface area contributed by atoms with Crippen LogP contribution >= 0.6 is 0 Å². The largest absolute Gasteiger partial charge is 0.492 e. The summed E-state index contributed by atoms with van der Waals surface area (Å²) in [6.07, 6.45) is -0.369. The van der Waals surface area contributed by atoms with Gasteiger partial charge in [0.15, 0.2) is 5.76 Å². The number of nitrogens with one attached hydrogen (secondary N) is 2. The first-order chi connectivity index (χ1) is 18.4. The number of rotatable bonds is 4. The first kappa shape index (κ1) is 31.4. The summed E-state index contributed by atoms with van der Waals surface area (Å²) in [5, 5.41) is 15.7. The van der Waals surface area contributed by atoms with Crippen LogP contribution in [0.5, 0.6) is 0 Å². The van der Waals surface area contributed by atoms with Crippen LogP contribution in [0.25, 0.3) is 0 Å². The summed E-state index contributed by atoms with van der Waals surface area (Å²) in [7, 11) is 3.92. The third-order valence-corrected chi connectivity index (χ3v) is 6.23. The molecule has 2 aliphatic rings. The first-order valence-corrected chi connectivity index (χ1v) is 12.1. The maximum Gasteiger partial charge on any atom is 0.405 e. The maximum absolute atomic E-state index is 13.2. The molecule has 0 saturated carbocycles. The molecule has 5 atom stereocenters. The number of aliphatic hydroxyl groups is 1. The Bertz CT molecular complexity index is 1110. The van der Waals surface area contributed by atoms with Crippen LogP contribution in [0, 0.1) is 5.92 Å². The van der Waals surface area contributed by atoms with Gasteiger partial charge >= 0.3 is 6.09 Å². The van der Waals surface area contributed by atoms with Crippen molar-refractivity contribution in [3.05, 3.63) is 46.9 Å². The van der Waals surface area contributed by atoms with Crippen molar-refractivity contribution in [2.24, 2.45) is 11.7 Å². The summed E-state index contributed by atoms with van der Waals surface area (Å²) in [6, 6.07) is 0. The van der Waals surface area contributed by atoms with Crippen LogP contribution in [0.15, 0.2) is 46.9 Å². The molecular weight excluding hydrogens is 514 g/mol. The van der Waals surface area contributed by atoms with Crippen molar-refractivity contribution >= 4 is 29.5 Å². The van der Waals surface area contributed by atoms with Gasteiger partial charge in [0.25, 0.3) is 11.8 Å². The van der Waals surface area contributed by atoms with Gasteiger partial charge in [0.05, 0.1) is 25.0 Å². The smallest absolute Gasteiger partial charge is 0.405 e. The molecule has 0 aromatic rings. The number of methoxy groups -OCH3 is 3. The van der Waals surface area contributed by atoms with Gasteiger partial charge in [0.2, 0.25) is 17.7 Å². The molecule has 0 saturated heterocycles. The number of amides is 3. The Morgan fingerprint density at radius 3 is 2.41 bits per heavy atom. The van der Waals surface area contributed by atoms with E-state index in [2.05, 4.69) is 10.6 Å². The summed E-state index contributed by atoms with van der Waals surface area (Å²) in [6.45, 7) is 2.99. The van der Waals surface area contributed by atoms with Gasteiger partial charge in [-0.05, 0) is 25.7 Å². The van der Waals surface area contributed by atoms with Crippen LogP contribution in [-0.4, -0.2) is 86.9 Å². The van der Waals surface area contributed by atoms with E-state index < -0.39 is 53.9 Å². The minimum Gasteiger partial charge on any atom is -0.492 e. The topological polar surface area (TPSA) is 193 Å². The lowest BCUT2D eigenvalue weighted by molar-refractivity contribution is -0.135. The molecule has 1 aliphatic carbocycles. The number of ether oxygens (including phenoxy) is 4. The number of nitrogens with two attached hydrogens (primary N) is 1. The minimum atomic E-state index is -1.51. The Morgan fingerprint density at radius 2 is 1.82 bits per heavy atom. The molecule has 214 valence electrons. The number of ketones is 2. The van der Waals surface area contributed by atoms with Gasteiger partial charge in [0, 0.05) is 38.0 Å². The Hall–Kier alpha value is -3.81. The standard InChI is InChI=1S/C26H35N3O10/c1-13-9-15-21(32)16(11-17(30)22(15)38-5)29-24(33)14(2)7-6-8-19(36-3)23(39-26(27)35)25(34)28-12-18(31)20(10-13)37-4/h6-8,11,13,18-20,23,31H,9-10,12H2,1-5H3,(H2,27,35)(H,28,34)(H,29,33)/b8-6-,14-7+/t13-,18+,19-,20-,23+/m0/s1. The fraction of sp³-hybridized carbons (Fsp3) is 0.500. The van der Waals surface area contributed by atoms with Crippen LogP contribution in [0.2, 0.25) is 0 Å². The fourth-order valence-corrected chi connectivity index (χ4v) is 4.16. The highest BCUT2D eigenvalue weighted by atomic mass is 16.6. The molecule has 0 fully saturated rings. The third kappa shape index (κ3) is 8.34. The summed E-state index contributed by atoms with van der Waals surface area (Å²) in [4.78, 5) is 63.0. The molecule has 5 N–H and O–H groups in total. The Balaban J connectivity index is 2.49. The lowest BCUT2D eigenvalue weighted by atomic mass is 9.87. The number of aliphatic hydroxyl groups excluding tert-OH is 1. The highest BCUT2D eigenvalue weighted by molar-refractivity contribution is 6.23. The quantitative estimate of drug-likeness (QED) is 0.345. The van der Waals surface area contributed by atoms with Crippen LogP contribution in [0.1, 0.15) is 26.7 Å². The maximum atomic E-state index is 13.2. The number of primary amides is 1. The summed E-state index contributed by atoms with van der Waals surface area (Å²) >= 11 is 0. The van der Waals surface area contributed by atoms with Gasteiger partial charge in [0.1, 0.15) is 6.10 Å². The van der Waals surface area contributed by atoms with Gasteiger partial charge < -0.3 is 40.4 Å². The summed E-state index contributed by atoms with van der Waals surface area (Å²) in [5.74, 6) is -3.01. The number of β-amino-alcohol motifs (C(OH)–C–C–N with tert-alkyl or cyclic N) is 1. The molecule has 0 unspecified atom stereocenters. The zero-order chi connectivity index (χ0) is 29.3. The fourth-order valence-electron chi connectivity index (χ4n) is 4.16. The van der Waals surface area contributed by atoms with Crippen LogP contribution < -0.4 is 16.4 Å². The van der Waals surface area contributed by atoms with E-state index in [1.54, 1.807) is 6.92 Å². The SMILES string of the molecule is COC1=C2C[C@H](C)C[C@H](OC)[C@H](O)CNC(=O)[C@H](OC(N)=O)[C@@H](OC)/C=C\C=C(/C)C(=O)NC(=CC1=O)C2=O. The van der Waals surface area contributed by atoms with Gasteiger partial charge in [-0.25, -0.2) is 4.79 Å². The molecule has 0 aromatic heterocycles. The van der Waals surface area contributed by atoms with E-state index in [1.165, 1.54) is 46.5 Å². The molecular formula is C26H35N3O10. The van der Waals surface area contributed by atoms with Gasteiger partial charge in [-0.1, -0.05) is 25.2 Å². The average Bonchev–Trinajstić information content (AvgIpc) is 2.89. The number of carbonyl (C=O) groups is 5. The second-order valence-corrected chi connectivity index (χ2v) is 9.14. The molecule has 0 radical (unpaired) electrons. The lowest BCUT2D eigenvalue weighted by Gasteiger charge is -2.27. The Labute approximate surface area is 226 Å². The summed E-state index contributed by atoms with van der Waals surface area (Å²) < 4.78 is 20.8. The second kappa shape index (κ2) is 14.4. The zero-order valence-electron chi connectivity index (χ0n) is 22.5. The second-order valence-electron chi connectivity index (χ2n) is 9.14. The minimum absolute atomic E-state index is 0.0827. The molecule has 13 heteroatoms. The molecule has 2 bridgehead atoms. The van der Waals surface area contributed by atoms with Crippen molar-refractivity contribution in [3.63, 3.8) is 0 Å². The Morgan fingerprint density at radius 1 is 1.13 bits per heavy atom. The van der Waals surface area contributed by atoms with E-state index >= 15 is 0 Å². The number of allylic oxidation sites excluding steroid dienone is 4.